The number of hydrogen-bond acceptors (Lipinski definition) is 5. The van der Waals surface area contributed by atoms with Crippen LogP contribution < -0.4 is 0 Å². The number of hydrogen-bond donors (Lipinski definition) is 1. The SMILES string of the molecule is Cc1nnc2n1-c1ccccc1C(c1ccccc1)=NC2N(CCn1ccnc1)C(=O)O. The van der Waals surface area contributed by atoms with Gasteiger partial charge in [-0.1, -0.05) is 48.5 Å². The first-order valence-corrected chi connectivity index (χ1v) is 10.2. The molecular weight excluding hydrogens is 406 g/mol. The van der Waals surface area contributed by atoms with Crippen LogP contribution in [0.4, 0.5) is 4.79 Å². The van der Waals surface area contributed by atoms with E-state index >= 15 is 0 Å². The number of nitrogens with zero attached hydrogens (tertiary/aromatic N) is 7. The summed E-state index contributed by atoms with van der Waals surface area (Å²) in [6.45, 7) is 2.51. The predicted octanol–water partition coefficient (Wildman–Crippen LogP) is 3.30. The molecule has 0 radical (unpaired) electrons. The molecular formula is C23H21N7O2. The van der Waals surface area contributed by atoms with Gasteiger partial charge in [-0.3, -0.25) is 14.5 Å². The second kappa shape index (κ2) is 8.10. The summed E-state index contributed by atoms with van der Waals surface area (Å²) >= 11 is 0. The smallest absolute Gasteiger partial charge is 0.409 e. The summed E-state index contributed by atoms with van der Waals surface area (Å²) in [5.41, 5.74) is 3.38. The van der Waals surface area contributed by atoms with E-state index in [2.05, 4.69) is 15.2 Å². The van der Waals surface area contributed by atoms with Gasteiger partial charge in [0.05, 0.1) is 17.7 Å². The van der Waals surface area contributed by atoms with Crippen LogP contribution in [0.5, 0.6) is 0 Å². The Hall–Kier alpha value is -4.27. The third-order valence-corrected chi connectivity index (χ3v) is 5.48. The number of rotatable bonds is 5. The lowest BCUT2D eigenvalue weighted by molar-refractivity contribution is 0.121. The van der Waals surface area contributed by atoms with Crippen molar-refractivity contribution in [2.45, 2.75) is 19.6 Å². The highest BCUT2D eigenvalue weighted by molar-refractivity contribution is 6.15. The largest absolute Gasteiger partial charge is 0.465 e. The fourth-order valence-electron chi connectivity index (χ4n) is 3.96. The summed E-state index contributed by atoms with van der Waals surface area (Å²) < 4.78 is 3.73. The highest BCUT2D eigenvalue weighted by Gasteiger charge is 2.34. The fraction of sp³-hybridized carbons (Fsp3) is 0.174. The lowest BCUT2D eigenvalue weighted by Gasteiger charge is -2.26. The quantitative estimate of drug-likeness (QED) is 0.527. The molecule has 2 aromatic heterocycles. The van der Waals surface area contributed by atoms with Gasteiger partial charge in [0, 0.05) is 36.6 Å². The van der Waals surface area contributed by atoms with E-state index < -0.39 is 12.3 Å². The molecule has 1 aliphatic rings. The normalized spacial score (nSPS) is 14.8. The van der Waals surface area contributed by atoms with Gasteiger partial charge >= 0.3 is 6.09 Å². The number of aliphatic imine (C=N–C) groups is 1. The molecule has 3 heterocycles. The molecule has 0 aliphatic carbocycles. The topological polar surface area (TPSA) is 101 Å². The van der Waals surface area contributed by atoms with Crippen molar-refractivity contribution in [3.63, 3.8) is 0 Å². The average Bonchev–Trinajstić information content (AvgIpc) is 3.43. The molecule has 5 rings (SSSR count). The summed E-state index contributed by atoms with van der Waals surface area (Å²) in [5, 5.41) is 18.7. The molecule has 4 aromatic rings. The van der Waals surface area contributed by atoms with E-state index in [0.29, 0.717) is 23.9 Å². The zero-order valence-corrected chi connectivity index (χ0v) is 17.4. The molecule has 1 unspecified atom stereocenters. The van der Waals surface area contributed by atoms with Crippen molar-refractivity contribution in [2.24, 2.45) is 4.99 Å². The van der Waals surface area contributed by atoms with E-state index in [1.54, 1.807) is 18.7 Å². The standard InChI is InChI=1S/C23H21N7O2/c1-16-26-27-22-21(29(23(31)32)14-13-28-12-11-24-15-28)25-20(17-7-3-2-4-8-17)18-9-5-6-10-19(18)30(16)22/h2-12,15,21H,13-14H2,1H3,(H,31,32). The average molecular weight is 427 g/mol. The summed E-state index contributed by atoms with van der Waals surface area (Å²) in [7, 11) is 0. The first-order valence-electron chi connectivity index (χ1n) is 10.2. The van der Waals surface area contributed by atoms with Gasteiger partial charge in [0.1, 0.15) is 5.82 Å². The molecule has 0 spiro atoms. The molecule has 2 aromatic carbocycles. The minimum absolute atomic E-state index is 0.212. The highest BCUT2D eigenvalue weighted by Crippen LogP contribution is 2.32. The second-order valence-electron chi connectivity index (χ2n) is 7.45. The van der Waals surface area contributed by atoms with Crippen LogP contribution in [-0.4, -0.2) is 52.7 Å². The van der Waals surface area contributed by atoms with Crippen molar-refractivity contribution < 1.29 is 9.90 Å². The van der Waals surface area contributed by atoms with Crippen molar-refractivity contribution in [1.29, 1.82) is 0 Å². The van der Waals surface area contributed by atoms with Crippen LogP contribution in [0.25, 0.3) is 5.69 Å². The van der Waals surface area contributed by atoms with Gasteiger partial charge in [0.15, 0.2) is 12.0 Å². The summed E-state index contributed by atoms with van der Waals surface area (Å²) in [6.07, 6.45) is 3.19. The molecule has 1 atom stereocenters. The number of carboxylic acid groups (broad SMARTS) is 1. The summed E-state index contributed by atoms with van der Waals surface area (Å²) in [5.74, 6) is 1.14. The van der Waals surface area contributed by atoms with E-state index in [1.165, 1.54) is 4.90 Å². The number of carbonyl (C=O) groups is 1. The Morgan fingerprint density at radius 2 is 1.88 bits per heavy atom. The number of imidazole rings is 1. The molecule has 1 aliphatic heterocycles. The molecule has 0 saturated carbocycles. The Kier molecular flexibility index (Phi) is 4.98. The Labute approximate surface area is 184 Å². The van der Waals surface area contributed by atoms with Gasteiger partial charge in [-0.2, -0.15) is 0 Å². The Bertz CT molecular complexity index is 1280. The van der Waals surface area contributed by atoms with Crippen LogP contribution in [0.15, 0.2) is 78.3 Å². The lowest BCUT2D eigenvalue weighted by Crippen LogP contribution is -2.36. The van der Waals surface area contributed by atoms with Gasteiger partial charge in [-0.25, -0.2) is 9.78 Å². The molecule has 9 nitrogen and oxygen atoms in total. The molecule has 0 bridgehead atoms. The number of amides is 1. The maximum Gasteiger partial charge on any atom is 0.409 e. The molecule has 32 heavy (non-hydrogen) atoms. The Balaban J connectivity index is 1.68. The minimum atomic E-state index is -1.08. The first kappa shape index (κ1) is 19.7. The van der Waals surface area contributed by atoms with Crippen molar-refractivity contribution in [3.05, 3.63) is 96.1 Å². The van der Waals surface area contributed by atoms with E-state index in [-0.39, 0.29) is 6.54 Å². The van der Waals surface area contributed by atoms with Gasteiger partial charge in [-0.05, 0) is 13.0 Å². The Morgan fingerprint density at radius 1 is 1.09 bits per heavy atom. The van der Waals surface area contributed by atoms with E-state index in [4.69, 9.17) is 4.99 Å². The number of fused-ring (bicyclic) bond motifs is 3. The van der Waals surface area contributed by atoms with E-state index in [9.17, 15) is 9.90 Å². The predicted molar refractivity (Wildman–Crippen MR) is 118 cm³/mol. The fourth-order valence-corrected chi connectivity index (χ4v) is 3.96. The molecule has 0 fully saturated rings. The number of aromatic nitrogens is 5. The van der Waals surface area contributed by atoms with Crippen molar-refractivity contribution in [2.75, 3.05) is 6.54 Å². The summed E-state index contributed by atoms with van der Waals surface area (Å²) in [6, 6.07) is 17.6. The third-order valence-electron chi connectivity index (χ3n) is 5.48. The van der Waals surface area contributed by atoms with Crippen LogP contribution in [0.1, 0.15) is 28.9 Å². The minimum Gasteiger partial charge on any atom is -0.465 e. The number of aryl methyl sites for hydroxylation is 1. The van der Waals surface area contributed by atoms with E-state index in [0.717, 1.165) is 16.8 Å². The maximum absolute atomic E-state index is 12.4. The number of benzene rings is 2. The zero-order chi connectivity index (χ0) is 22.1. The maximum atomic E-state index is 12.4. The van der Waals surface area contributed by atoms with Gasteiger partial charge in [-0.15, -0.1) is 10.2 Å². The third kappa shape index (κ3) is 3.43. The zero-order valence-electron chi connectivity index (χ0n) is 17.4. The van der Waals surface area contributed by atoms with Crippen LogP contribution in [-0.2, 0) is 6.54 Å². The van der Waals surface area contributed by atoms with Crippen LogP contribution in [0.2, 0.25) is 0 Å². The van der Waals surface area contributed by atoms with Gasteiger partial charge in [0.2, 0.25) is 0 Å². The molecule has 1 amide bonds. The van der Waals surface area contributed by atoms with Crippen molar-refractivity contribution in [3.8, 4) is 5.69 Å². The van der Waals surface area contributed by atoms with Crippen molar-refractivity contribution >= 4 is 11.8 Å². The molecule has 160 valence electrons. The second-order valence-corrected chi connectivity index (χ2v) is 7.45. The highest BCUT2D eigenvalue weighted by atomic mass is 16.4. The van der Waals surface area contributed by atoms with E-state index in [1.807, 2.05) is 70.7 Å². The number of para-hydroxylation sites is 1. The van der Waals surface area contributed by atoms with Crippen LogP contribution in [0, 0.1) is 6.92 Å². The van der Waals surface area contributed by atoms with Crippen LogP contribution >= 0.6 is 0 Å². The van der Waals surface area contributed by atoms with Gasteiger partial charge in [0.25, 0.3) is 0 Å². The lowest BCUT2D eigenvalue weighted by atomic mass is 10.0. The van der Waals surface area contributed by atoms with Gasteiger partial charge < -0.3 is 9.67 Å². The van der Waals surface area contributed by atoms with Crippen molar-refractivity contribution in [1.82, 2.24) is 29.2 Å². The molecule has 1 N–H and O–H groups in total. The molecule has 9 heteroatoms. The summed E-state index contributed by atoms with van der Waals surface area (Å²) in [4.78, 5) is 22.7. The van der Waals surface area contributed by atoms with Crippen LogP contribution in [0.3, 0.4) is 0 Å². The Morgan fingerprint density at radius 3 is 2.62 bits per heavy atom. The molecule has 0 saturated heterocycles. The monoisotopic (exact) mass is 427 g/mol. The first-order chi connectivity index (χ1) is 15.6.